The Labute approximate surface area is 228 Å². The number of thioether (sulfide) groups is 1. The van der Waals surface area contributed by atoms with Gasteiger partial charge in [0.05, 0.1) is 24.6 Å². The van der Waals surface area contributed by atoms with Gasteiger partial charge in [-0.15, -0.1) is 21.5 Å². The molecule has 3 N–H and O–H groups in total. The van der Waals surface area contributed by atoms with Gasteiger partial charge in [-0.1, -0.05) is 71.9 Å². The van der Waals surface area contributed by atoms with Crippen LogP contribution >= 0.6 is 23.1 Å². The minimum absolute atomic E-state index is 0.133. The highest BCUT2D eigenvalue weighted by Crippen LogP contribution is 2.29. The summed E-state index contributed by atoms with van der Waals surface area (Å²) in [6.45, 7) is 2.03. The summed E-state index contributed by atoms with van der Waals surface area (Å²) < 4.78 is 7.20. The standard InChI is InChI=1S/C28H26N6O2S2/c1-18-8-10-20(11-9-18)25(29)26-32-33-28(34(26)21-12-14-22(36-2)15-13-21)38-17-24(35)31-27-30-23(16-37-27)19-6-4-3-5-7-19/h3-16,25H,17,29H2,1-2H3,(H,30,31,35). The summed E-state index contributed by atoms with van der Waals surface area (Å²) in [4.78, 5) is 17.3. The molecule has 0 fully saturated rings. The number of amides is 1. The summed E-state index contributed by atoms with van der Waals surface area (Å²) in [6.07, 6.45) is 0. The van der Waals surface area contributed by atoms with Crippen LogP contribution < -0.4 is 15.8 Å². The van der Waals surface area contributed by atoms with Crippen LogP contribution in [0.25, 0.3) is 16.9 Å². The number of carbonyl (C=O) groups excluding carboxylic acids is 1. The number of nitrogens with one attached hydrogen (secondary N) is 1. The minimum Gasteiger partial charge on any atom is -0.497 e. The number of methoxy groups -OCH3 is 1. The number of aromatic nitrogens is 4. The first-order valence-corrected chi connectivity index (χ1v) is 13.7. The molecule has 0 radical (unpaired) electrons. The summed E-state index contributed by atoms with van der Waals surface area (Å²) in [7, 11) is 1.62. The number of ether oxygens (including phenoxy) is 1. The number of hydrogen-bond acceptors (Lipinski definition) is 8. The zero-order valence-electron chi connectivity index (χ0n) is 20.9. The molecule has 2 heterocycles. The molecule has 38 heavy (non-hydrogen) atoms. The lowest BCUT2D eigenvalue weighted by molar-refractivity contribution is -0.113. The highest BCUT2D eigenvalue weighted by atomic mass is 32.2. The number of benzene rings is 3. The first kappa shape index (κ1) is 25.7. The van der Waals surface area contributed by atoms with Crippen LogP contribution in [0, 0.1) is 6.92 Å². The second kappa shape index (κ2) is 11.6. The number of nitrogens with zero attached hydrogens (tertiary/aromatic N) is 4. The number of hydrogen-bond donors (Lipinski definition) is 2. The summed E-state index contributed by atoms with van der Waals surface area (Å²) in [6, 6.07) is 24.9. The Morgan fingerprint density at radius 1 is 1.05 bits per heavy atom. The van der Waals surface area contributed by atoms with Crippen LogP contribution in [0.15, 0.2) is 89.4 Å². The summed E-state index contributed by atoms with van der Waals surface area (Å²) in [5, 5.41) is 14.7. The molecule has 0 aliphatic rings. The molecule has 10 heteroatoms. The first-order valence-electron chi connectivity index (χ1n) is 11.9. The lowest BCUT2D eigenvalue weighted by Gasteiger charge is -2.16. The summed E-state index contributed by atoms with van der Waals surface area (Å²) in [5.41, 5.74) is 11.4. The van der Waals surface area contributed by atoms with Gasteiger partial charge in [0, 0.05) is 16.6 Å². The molecule has 8 nitrogen and oxygen atoms in total. The van der Waals surface area contributed by atoms with Crippen LogP contribution in [0.5, 0.6) is 5.75 Å². The van der Waals surface area contributed by atoms with Gasteiger partial charge in [0.25, 0.3) is 0 Å². The van der Waals surface area contributed by atoms with Crippen molar-refractivity contribution in [2.75, 3.05) is 18.2 Å². The van der Waals surface area contributed by atoms with Crippen molar-refractivity contribution in [3.63, 3.8) is 0 Å². The SMILES string of the molecule is COc1ccc(-n2c(SCC(=O)Nc3nc(-c4ccccc4)cs3)nnc2C(N)c2ccc(C)cc2)cc1. The van der Waals surface area contributed by atoms with E-state index in [2.05, 4.69) is 20.5 Å². The molecule has 0 bridgehead atoms. The summed E-state index contributed by atoms with van der Waals surface area (Å²) in [5.74, 6) is 1.26. The van der Waals surface area contributed by atoms with Gasteiger partial charge >= 0.3 is 0 Å². The van der Waals surface area contributed by atoms with Crippen LogP contribution in [0.4, 0.5) is 5.13 Å². The van der Waals surface area contributed by atoms with Crippen LogP contribution in [0.2, 0.25) is 0 Å². The third-order valence-electron chi connectivity index (χ3n) is 5.86. The molecular weight excluding hydrogens is 516 g/mol. The largest absolute Gasteiger partial charge is 0.497 e. The number of rotatable bonds is 9. The van der Waals surface area contributed by atoms with Crippen molar-refractivity contribution < 1.29 is 9.53 Å². The fourth-order valence-corrected chi connectivity index (χ4v) is 5.33. The Kier molecular flexibility index (Phi) is 7.83. The molecule has 0 saturated heterocycles. The highest BCUT2D eigenvalue weighted by Gasteiger charge is 2.22. The second-order valence-corrected chi connectivity index (χ2v) is 10.3. The van der Waals surface area contributed by atoms with Crippen molar-refractivity contribution in [1.82, 2.24) is 19.7 Å². The third-order valence-corrected chi connectivity index (χ3v) is 7.54. The van der Waals surface area contributed by atoms with Crippen LogP contribution in [-0.2, 0) is 4.79 Å². The third kappa shape index (κ3) is 5.77. The zero-order chi connectivity index (χ0) is 26.5. The average Bonchev–Trinajstić information content (AvgIpc) is 3.60. The molecule has 3 aromatic carbocycles. The molecule has 1 amide bonds. The van der Waals surface area contributed by atoms with Crippen molar-refractivity contribution >= 4 is 34.1 Å². The van der Waals surface area contributed by atoms with E-state index in [4.69, 9.17) is 10.5 Å². The second-order valence-electron chi connectivity index (χ2n) is 8.50. The Morgan fingerprint density at radius 3 is 2.50 bits per heavy atom. The van der Waals surface area contributed by atoms with E-state index in [-0.39, 0.29) is 11.7 Å². The van der Waals surface area contributed by atoms with Crippen molar-refractivity contribution in [3.8, 4) is 22.7 Å². The Morgan fingerprint density at radius 2 is 1.79 bits per heavy atom. The van der Waals surface area contributed by atoms with Crippen molar-refractivity contribution in [2.45, 2.75) is 18.1 Å². The predicted molar refractivity (Wildman–Crippen MR) is 152 cm³/mol. The normalized spacial score (nSPS) is 11.8. The Hall–Kier alpha value is -3.99. The minimum atomic E-state index is -0.500. The molecule has 5 rings (SSSR count). The first-order chi connectivity index (χ1) is 18.5. The van der Waals surface area contributed by atoms with E-state index in [9.17, 15) is 4.79 Å². The van der Waals surface area contributed by atoms with Gasteiger partial charge < -0.3 is 15.8 Å². The molecule has 5 aromatic rings. The van der Waals surface area contributed by atoms with E-state index in [1.807, 2.05) is 95.7 Å². The molecule has 0 spiro atoms. The fraction of sp³-hybridized carbons (Fsp3) is 0.143. The smallest absolute Gasteiger partial charge is 0.236 e. The maximum Gasteiger partial charge on any atom is 0.236 e. The van der Waals surface area contributed by atoms with E-state index >= 15 is 0 Å². The van der Waals surface area contributed by atoms with E-state index in [1.165, 1.54) is 23.1 Å². The van der Waals surface area contributed by atoms with Gasteiger partial charge in [-0.25, -0.2) is 4.98 Å². The molecule has 2 aromatic heterocycles. The maximum absolute atomic E-state index is 12.8. The zero-order valence-corrected chi connectivity index (χ0v) is 22.5. The molecule has 1 atom stereocenters. The lowest BCUT2D eigenvalue weighted by atomic mass is 10.1. The Balaban J connectivity index is 1.35. The van der Waals surface area contributed by atoms with Gasteiger partial charge in [-0.05, 0) is 36.8 Å². The number of nitrogens with two attached hydrogens (primary N) is 1. The molecule has 1 unspecified atom stereocenters. The number of carbonyl (C=O) groups is 1. The maximum atomic E-state index is 12.8. The van der Waals surface area contributed by atoms with Crippen LogP contribution in [-0.4, -0.2) is 38.5 Å². The Bertz CT molecular complexity index is 1520. The molecular formula is C28H26N6O2S2. The van der Waals surface area contributed by atoms with Gasteiger partial charge in [0.1, 0.15) is 5.75 Å². The number of thiazole rings is 1. The lowest BCUT2D eigenvalue weighted by Crippen LogP contribution is -2.18. The van der Waals surface area contributed by atoms with Crippen molar-refractivity contribution in [3.05, 3.63) is 101 Å². The van der Waals surface area contributed by atoms with E-state index < -0.39 is 6.04 Å². The molecule has 0 aliphatic carbocycles. The van der Waals surface area contributed by atoms with Gasteiger partial charge in [-0.3, -0.25) is 9.36 Å². The number of aryl methyl sites for hydroxylation is 1. The fourth-order valence-electron chi connectivity index (χ4n) is 3.83. The number of anilines is 1. The summed E-state index contributed by atoms with van der Waals surface area (Å²) >= 11 is 2.68. The van der Waals surface area contributed by atoms with E-state index in [0.29, 0.717) is 16.1 Å². The highest BCUT2D eigenvalue weighted by molar-refractivity contribution is 7.99. The van der Waals surface area contributed by atoms with Gasteiger partial charge in [-0.2, -0.15) is 0 Å². The average molecular weight is 543 g/mol. The van der Waals surface area contributed by atoms with Crippen molar-refractivity contribution in [1.29, 1.82) is 0 Å². The van der Waals surface area contributed by atoms with Gasteiger partial charge in [0.2, 0.25) is 5.91 Å². The van der Waals surface area contributed by atoms with Crippen LogP contribution in [0.1, 0.15) is 23.0 Å². The van der Waals surface area contributed by atoms with Gasteiger partial charge in [0.15, 0.2) is 16.1 Å². The molecule has 0 aliphatic heterocycles. The topological polar surface area (TPSA) is 108 Å². The molecule has 0 saturated carbocycles. The van der Waals surface area contributed by atoms with Crippen LogP contribution in [0.3, 0.4) is 0 Å². The van der Waals surface area contributed by atoms with E-state index in [0.717, 1.165) is 33.8 Å². The van der Waals surface area contributed by atoms with E-state index in [1.54, 1.807) is 7.11 Å². The van der Waals surface area contributed by atoms with Crippen molar-refractivity contribution in [2.24, 2.45) is 5.73 Å². The monoisotopic (exact) mass is 542 g/mol. The molecule has 192 valence electrons. The predicted octanol–water partition coefficient (Wildman–Crippen LogP) is 5.49. The quantitative estimate of drug-likeness (QED) is 0.237.